The van der Waals surface area contributed by atoms with Gasteiger partial charge in [0, 0.05) is 5.56 Å². The first-order chi connectivity index (χ1) is 9.25. The number of nitrogens with one attached hydrogen (secondary N) is 1. The van der Waals surface area contributed by atoms with Gasteiger partial charge in [0.25, 0.3) is 5.91 Å². The largest absolute Gasteiger partial charge is 0.492 e. The van der Waals surface area contributed by atoms with Crippen LogP contribution in [-0.2, 0) is 0 Å². The van der Waals surface area contributed by atoms with Crippen LogP contribution in [0.4, 0.5) is 0 Å². The highest BCUT2D eigenvalue weighted by Crippen LogP contribution is 2.10. The lowest BCUT2D eigenvalue weighted by molar-refractivity contribution is 0.0947. The molecular formula is C16H17NO2. The van der Waals surface area contributed by atoms with Crippen LogP contribution in [0.1, 0.15) is 15.9 Å². The quantitative estimate of drug-likeness (QED) is 0.834. The van der Waals surface area contributed by atoms with E-state index in [1.807, 2.05) is 49.4 Å². The molecule has 2 aromatic carbocycles. The average Bonchev–Trinajstić information content (AvgIpc) is 2.46. The molecule has 0 radical (unpaired) electrons. The predicted octanol–water partition coefficient (Wildman–Crippen LogP) is 2.80. The fourth-order valence-corrected chi connectivity index (χ4v) is 1.66. The number of carbonyl (C=O) groups is 1. The maximum atomic E-state index is 11.7. The molecule has 0 bridgehead atoms. The molecule has 0 unspecified atom stereocenters. The molecule has 19 heavy (non-hydrogen) atoms. The van der Waals surface area contributed by atoms with E-state index in [2.05, 4.69) is 5.32 Å². The molecule has 98 valence electrons. The van der Waals surface area contributed by atoms with E-state index in [4.69, 9.17) is 4.74 Å². The van der Waals surface area contributed by atoms with E-state index < -0.39 is 0 Å². The van der Waals surface area contributed by atoms with E-state index >= 15 is 0 Å². The standard InChI is InChI=1S/C16H17NO2/c1-13-7-9-15(10-8-13)19-12-11-17-16(18)14-5-3-2-4-6-14/h2-10H,11-12H2,1H3,(H,17,18). The molecule has 2 rings (SSSR count). The SMILES string of the molecule is Cc1ccc(OCCNC(=O)c2ccccc2)cc1. The molecule has 2 aromatic rings. The van der Waals surface area contributed by atoms with Crippen molar-refractivity contribution in [2.45, 2.75) is 6.92 Å². The van der Waals surface area contributed by atoms with Crippen LogP contribution in [0.5, 0.6) is 5.75 Å². The van der Waals surface area contributed by atoms with Gasteiger partial charge in [-0.25, -0.2) is 0 Å². The Morgan fingerprint density at radius 2 is 1.74 bits per heavy atom. The molecule has 3 nitrogen and oxygen atoms in total. The Bertz CT molecular complexity index is 520. The monoisotopic (exact) mass is 255 g/mol. The molecule has 1 amide bonds. The summed E-state index contributed by atoms with van der Waals surface area (Å²) in [5.41, 5.74) is 1.86. The highest BCUT2D eigenvalue weighted by molar-refractivity contribution is 5.94. The zero-order valence-corrected chi connectivity index (χ0v) is 10.9. The summed E-state index contributed by atoms with van der Waals surface area (Å²) < 4.78 is 5.53. The second-order valence-corrected chi connectivity index (χ2v) is 4.28. The Morgan fingerprint density at radius 3 is 2.42 bits per heavy atom. The second kappa shape index (κ2) is 6.59. The summed E-state index contributed by atoms with van der Waals surface area (Å²) in [6, 6.07) is 17.0. The van der Waals surface area contributed by atoms with Crippen molar-refractivity contribution in [1.82, 2.24) is 5.32 Å². The first-order valence-corrected chi connectivity index (χ1v) is 6.28. The van der Waals surface area contributed by atoms with E-state index in [0.717, 1.165) is 5.75 Å². The summed E-state index contributed by atoms with van der Waals surface area (Å²) in [7, 11) is 0. The molecule has 0 saturated heterocycles. The first-order valence-electron chi connectivity index (χ1n) is 6.28. The highest BCUT2D eigenvalue weighted by Gasteiger charge is 2.02. The van der Waals surface area contributed by atoms with Gasteiger partial charge in [0.05, 0.1) is 6.54 Å². The highest BCUT2D eigenvalue weighted by atomic mass is 16.5. The van der Waals surface area contributed by atoms with Crippen molar-refractivity contribution in [2.24, 2.45) is 0 Å². The maximum Gasteiger partial charge on any atom is 0.251 e. The summed E-state index contributed by atoms with van der Waals surface area (Å²) in [6.07, 6.45) is 0. The summed E-state index contributed by atoms with van der Waals surface area (Å²) in [6.45, 7) is 2.98. The normalized spacial score (nSPS) is 9.95. The van der Waals surface area contributed by atoms with Crippen LogP contribution in [0.3, 0.4) is 0 Å². The maximum absolute atomic E-state index is 11.7. The second-order valence-electron chi connectivity index (χ2n) is 4.28. The molecule has 3 heteroatoms. The lowest BCUT2D eigenvalue weighted by atomic mass is 10.2. The minimum Gasteiger partial charge on any atom is -0.492 e. The molecule has 0 heterocycles. The molecule has 0 spiro atoms. The summed E-state index contributed by atoms with van der Waals surface area (Å²) >= 11 is 0. The molecule has 0 aliphatic rings. The van der Waals surface area contributed by atoms with Gasteiger partial charge in [-0.1, -0.05) is 35.9 Å². The van der Waals surface area contributed by atoms with Gasteiger partial charge in [-0.3, -0.25) is 4.79 Å². The van der Waals surface area contributed by atoms with Crippen molar-refractivity contribution in [3.63, 3.8) is 0 Å². The number of ether oxygens (including phenoxy) is 1. The van der Waals surface area contributed by atoms with Crippen molar-refractivity contribution < 1.29 is 9.53 Å². The third kappa shape index (κ3) is 4.14. The number of carbonyl (C=O) groups excluding carboxylic acids is 1. The van der Waals surface area contributed by atoms with Crippen LogP contribution >= 0.6 is 0 Å². The van der Waals surface area contributed by atoms with E-state index in [-0.39, 0.29) is 5.91 Å². The van der Waals surface area contributed by atoms with Crippen LogP contribution in [0.25, 0.3) is 0 Å². The fourth-order valence-electron chi connectivity index (χ4n) is 1.66. The van der Waals surface area contributed by atoms with Gasteiger partial charge < -0.3 is 10.1 Å². The van der Waals surface area contributed by atoms with Crippen LogP contribution < -0.4 is 10.1 Å². The lowest BCUT2D eigenvalue weighted by Crippen LogP contribution is -2.27. The van der Waals surface area contributed by atoms with Crippen molar-refractivity contribution in [2.75, 3.05) is 13.2 Å². The number of rotatable bonds is 5. The van der Waals surface area contributed by atoms with E-state index in [0.29, 0.717) is 18.7 Å². The van der Waals surface area contributed by atoms with Crippen molar-refractivity contribution >= 4 is 5.91 Å². The smallest absolute Gasteiger partial charge is 0.251 e. The van der Waals surface area contributed by atoms with Crippen molar-refractivity contribution in [1.29, 1.82) is 0 Å². The third-order valence-electron chi connectivity index (χ3n) is 2.71. The minimum absolute atomic E-state index is 0.0758. The number of amides is 1. The predicted molar refractivity (Wildman–Crippen MR) is 75.4 cm³/mol. The van der Waals surface area contributed by atoms with E-state index in [9.17, 15) is 4.79 Å². The Labute approximate surface area is 113 Å². The summed E-state index contributed by atoms with van der Waals surface area (Å²) in [5.74, 6) is 0.743. The van der Waals surface area contributed by atoms with Crippen LogP contribution in [-0.4, -0.2) is 19.1 Å². The third-order valence-corrected chi connectivity index (χ3v) is 2.71. The molecule has 1 N–H and O–H groups in total. The van der Waals surface area contributed by atoms with Gasteiger partial charge in [0.2, 0.25) is 0 Å². The van der Waals surface area contributed by atoms with Crippen molar-refractivity contribution in [3.8, 4) is 5.75 Å². The molecule has 0 atom stereocenters. The number of aryl methyl sites for hydroxylation is 1. The van der Waals surface area contributed by atoms with Crippen molar-refractivity contribution in [3.05, 3.63) is 65.7 Å². The molecule has 0 aliphatic heterocycles. The van der Waals surface area contributed by atoms with Gasteiger partial charge in [0.1, 0.15) is 12.4 Å². The Kier molecular flexibility index (Phi) is 4.56. The van der Waals surface area contributed by atoms with Gasteiger partial charge in [-0.05, 0) is 31.2 Å². The molecule has 0 saturated carbocycles. The Morgan fingerprint density at radius 1 is 1.05 bits per heavy atom. The Balaban J connectivity index is 1.72. The van der Waals surface area contributed by atoms with Gasteiger partial charge in [0.15, 0.2) is 0 Å². The molecule has 0 aromatic heterocycles. The zero-order valence-electron chi connectivity index (χ0n) is 10.9. The number of hydrogen-bond acceptors (Lipinski definition) is 2. The average molecular weight is 255 g/mol. The lowest BCUT2D eigenvalue weighted by Gasteiger charge is -2.08. The van der Waals surface area contributed by atoms with Gasteiger partial charge in [-0.2, -0.15) is 0 Å². The molecule has 0 fully saturated rings. The molecule has 0 aliphatic carbocycles. The summed E-state index contributed by atoms with van der Waals surface area (Å²) in [4.78, 5) is 11.7. The number of benzene rings is 2. The Hall–Kier alpha value is -2.29. The van der Waals surface area contributed by atoms with E-state index in [1.54, 1.807) is 12.1 Å². The van der Waals surface area contributed by atoms with Crippen LogP contribution in [0.15, 0.2) is 54.6 Å². The van der Waals surface area contributed by atoms with Gasteiger partial charge >= 0.3 is 0 Å². The minimum atomic E-state index is -0.0758. The number of hydrogen-bond donors (Lipinski definition) is 1. The van der Waals surface area contributed by atoms with Crippen LogP contribution in [0, 0.1) is 6.92 Å². The van der Waals surface area contributed by atoms with E-state index in [1.165, 1.54) is 5.56 Å². The summed E-state index contributed by atoms with van der Waals surface area (Å²) in [5, 5.41) is 2.82. The topological polar surface area (TPSA) is 38.3 Å². The zero-order chi connectivity index (χ0) is 13.5. The first kappa shape index (κ1) is 13.1. The fraction of sp³-hybridized carbons (Fsp3) is 0.188. The van der Waals surface area contributed by atoms with Crippen LogP contribution in [0.2, 0.25) is 0 Å². The van der Waals surface area contributed by atoms with Gasteiger partial charge in [-0.15, -0.1) is 0 Å². The molecular weight excluding hydrogens is 238 g/mol.